The van der Waals surface area contributed by atoms with Crippen LogP contribution in [0.2, 0.25) is 5.02 Å². The van der Waals surface area contributed by atoms with Crippen molar-refractivity contribution in [3.05, 3.63) is 59.1 Å². The first-order valence-electron chi connectivity index (χ1n) is 9.35. The third-order valence-corrected chi connectivity index (χ3v) is 5.76. The molecular weight excluding hydrogens is 408 g/mol. The van der Waals surface area contributed by atoms with E-state index >= 15 is 0 Å². The minimum absolute atomic E-state index is 0.0827. The molecule has 4 rings (SSSR count). The summed E-state index contributed by atoms with van der Waals surface area (Å²) >= 11 is 7.10. The van der Waals surface area contributed by atoms with Gasteiger partial charge in [0.15, 0.2) is 5.17 Å². The molecule has 0 radical (unpaired) electrons. The lowest BCUT2D eigenvalue weighted by Gasteiger charge is -2.25. The number of fused-ring (bicyclic) bond motifs is 3. The van der Waals surface area contributed by atoms with Crippen molar-refractivity contribution in [2.24, 2.45) is 9.98 Å². The van der Waals surface area contributed by atoms with Crippen LogP contribution in [-0.4, -0.2) is 39.5 Å². The molecule has 0 bridgehead atoms. The van der Waals surface area contributed by atoms with E-state index in [1.807, 2.05) is 31.2 Å². The van der Waals surface area contributed by atoms with Crippen LogP contribution in [0.5, 0.6) is 0 Å². The van der Waals surface area contributed by atoms with E-state index in [1.165, 1.54) is 11.8 Å². The average Bonchev–Trinajstić information content (AvgIpc) is 3.05. The number of anilines is 1. The summed E-state index contributed by atoms with van der Waals surface area (Å²) in [5.41, 5.74) is 2.26. The standard InChI is InChI=1S/C21H19ClN4O2S/c1-2-5-17-20(28)26-19(24-17)15-6-3-4-7-16(15)25-21(26)29-12-18(27)23-14-10-8-13(22)9-11-14/h3-4,6-11,17H,2,5,12H2,1H3,(H,23,27). The van der Waals surface area contributed by atoms with Crippen LogP contribution in [0, 0.1) is 0 Å². The van der Waals surface area contributed by atoms with Crippen molar-refractivity contribution in [1.82, 2.24) is 4.90 Å². The minimum atomic E-state index is -0.394. The largest absolute Gasteiger partial charge is 0.325 e. The van der Waals surface area contributed by atoms with Crippen LogP contribution in [0.25, 0.3) is 0 Å². The number of rotatable bonds is 5. The molecule has 1 atom stereocenters. The Labute approximate surface area is 178 Å². The van der Waals surface area contributed by atoms with Crippen LogP contribution in [0.4, 0.5) is 11.4 Å². The van der Waals surface area contributed by atoms with Gasteiger partial charge in [-0.3, -0.25) is 14.6 Å². The van der Waals surface area contributed by atoms with Crippen LogP contribution in [0.3, 0.4) is 0 Å². The van der Waals surface area contributed by atoms with Crippen LogP contribution < -0.4 is 5.32 Å². The summed E-state index contributed by atoms with van der Waals surface area (Å²) in [6.07, 6.45) is 1.56. The van der Waals surface area contributed by atoms with Gasteiger partial charge in [0.25, 0.3) is 5.91 Å². The maximum absolute atomic E-state index is 12.9. The smallest absolute Gasteiger partial charge is 0.259 e. The molecule has 0 saturated carbocycles. The van der Waals surface area contributed by atoms with Crippen molar-refractivity contribution in [3.8, 4) is 0 Å². The van der Waals surface area contributed by atoms with Crippen LogP contribution in [0.15, 0.2) is 58.5 Å². The van der Waals surface area contributed by atoms with Crippen LogP contribution in [0.1, 0.15) is 25.3 Å². The van der Waals surface area contributed by atoms with Gasteiger partial charge in [-0.15, -0.1) is 0 Å². The number of amides is 2. The van der Waals surface area contributed by atoms with Crippen molar-refractivity contribution >= 4 is 57.6 Å². The maximum Gasteiger partial charge on any atom is 0.259 e. The summed E-state index contributed by atoms with van der Waals surface area (Å²) in [6, 6.07) is 14.1. The fourth-order valence-corrected chi connectivity index (χ4v) is 4.15. The molecule has 0 spiro atoms. The molecule has 0 fully saturated rings. The van der Waals surface area contributed by atoms with Gasteiger partial charge in [0.2, 0.25) is 5.91 Å². The lowest BCUT2D eigenvalue weighted by molar-refractivity contribution is -0.124. The second-order valence-corrected chi connectivity index (χ2v) is 8.07. The molecule has 29 heavy (non-hydrogen) atoms. The second kappa shape index (κ2) is 8.39. The van der Waals surface area contributed by atoms with Crippen LogP contribution in [-0.2, 0) is 9.59 Å². The van der Waals surface area contributed by atoms with Gasteiger partial charge in [-0.05, 0) is 42.8 Å². The number of amidine groups is 2. The number of carbonyl (C=O) groups is 2. The second-order valence-electron chi connectivity index (χ2n) is 6.69. The maximum atomic E-state index is 12.9. The molecule has 2 aromatic rings. The summed E-state index contributed by atoms with van der Waals surface area (Å²) in [5.74, 6) is 0.480. The number of hydrogen-bond donors (Lipinski definition) is 1. The highest BCUT2D eigenvalue weighted by Gasteiger charge is 2.40. The van der Waals surface area contributed by atoms with E-state index in [0.29, 0.717) is 28.1 Å². The molecular formula is C21H19ClN4O2S. The van der Waals surface area contributed by atoms with Crippen molar-refractivity contribution < 1.29 is 9.59 Å². The molecule has 0 saturated heterocycles. The lowest BCUT2D eigenvalue weighted by Crippen LogP contribution is -2.41. The zero-order valence-electron chi connectivity index (χ0n) is 15.8. The third kappa shape index (κ3) is 4.06. The van der Waals surface area contributed by atoms with E-state index < -0.39 is 6.04 Å². The SMILES string of the molecule is CCCC1N=C2c3ccccc3N=C(SCC(=O)Nc3ccc(Cl)cc3)N2C1=O. The number of aliphatic imine (C=N–C) groups is 2. The van der Waals surface area contributed by atoms with Gasteiger partial charge in [0, 0.05) is 16.3 Å². The van der Waals surface area contributed by atoms with Crippen molar-refractivity contribution in [1.29, 1.82) is 0 Å². The molecule has 6 nitrogen and oxygen atoms in total. The van der Waals surface area contributed by atoms with Gasteiger partial charge >= 0.3 is 0 Å². The number of halogens is 1. The van der Waals surface area contributed by atoms with Gasteiger partial charge in [0.1, 0.15) is 11.9 Å². The van der Waals surface area contributed by atoms with Gasteiger partial charge in [-0.2, -0.15) is 0 Å². The van der Waals surface area contributed by atoms with E-state index in [4.69, 9.17) is 11.6 Å². The third-order valence-electron chi connectivity index (χ3n) is 4.57. The summed E-state index contributed by atoms with van der Waals surface area (Å²) in [7, 11) is 0. The Bertz CT molecular complexity index is 1020. The number of thioether (sulfide) groups is 1. The molecule has 2 aliphatic heterocycles. The van der Waals surface area contributed by atoms with E-state index in [-0.39, 0.29) is 17.6 Å². The molecule has 148 valence electrons. The summed E-state index contributed by atoms with van der Waals surface area (Å²) in [4.78, 5) is 36.1. The summed E-state index contributed by atoms with van der Waals surface area (Å²) < 4.78 is 0. The molecule has 0 aromatic heterocycles. The molecule has 2 aromatic carbocycles. The molecule has 1 unspecified atom stereocenters. The number of benzene rings is 2. The molecule has 2 heterocycles. The Morgan fingerprint density at radius 1 is 1.21 bits per heavy atom. The number of nitrogens with one attached hydrogen (secondary N) is 1. The topological polar surface area (TPSA) is 74.1 Å². The summed E-state index contributed by atoms with van der Waals surface area (Å²) in [6.45, 7) is 2.03. The molecule has 2 aliphatic rings. The Balaban J connectivity index is 1.53. The Hall–Kier alpha value is -2.64. The van der Waals surface area contributed by atoms with Crippen molar-refractivity contribution in [3.63, 3.8) is 0 Å². The summed E-state index contributed by atoms with van der Waals surface area (Å²) in [5, 5.41) is 3.91. The van der Waals surface area contributed by atoms with Crippen LogP contribution >= 0.6 is 23.4 Å². The fraction of sp³-hybridized carbons (Fsp3) is 0.238. The number of para-hydroxylation sites is 1. The van der Waals surface area contributed by atoms with E-state index in [1.54, 1.807) is 29.2 Å². The molecule has 0 aliphatic carbocycles. The zero-order chi connectivity index (χ0) is 20.4. The number of nitrogens with zero attached hydrogens (tertiary/aromatic N) is 3. The fourth-order valence-electron chi connectivity index (χ4n) is 3.22. The predicted molar refractivity (Wildman–Crippen MR) is 118 cm³/mol. The molecule has 2 amide bonds. The lowest BCUT2D eigenvalue weighted by atomic mass is 10.1. The first kappa shape index (κ1) is 19.7. The van der Waals surface area contributed by atoms with E-state index in [0.717, 1.165) is 17.7 Å². The highest BCUT2D eigenvalue weighted by atomic mass is 35.5. The van der Waals surface area contributed by atoms with E-state index in [9.17, 15) is 9.59 Å². The van der Waals surface area contributed by atoms with Gasteiger partial charge < -0.3 is 5.32 Å². The first-order valence-corrected chi connectivity index (χ1v) is 10.7. The first-order chi connectivity index (χ1) is 14.1. The molecule has 8 heteroatoms. The molecule has 1 N–H and O–H groups in total. The van der Waals surface area contributed by atoms with Gasteiger partial charge in [0.05, 0.1) is 11.4 Å². The van der Waals surface area contributed by atoms with Crippen molar-refractivity contribution in [2.75, 3.05) is 11.1 Å². The Morgan fingerprint density at radius 2 is 1.97 bits per heavy atom. The predicted octanol–water partition coefficient (Wildman–Crippen LogP) is 4.47. The minimum Gasteiger partial charge on any atom is -0.325 e. The number of hydrogen-bond acceptors (Lipinski definition) is 5. The van der Waals surface area contributed by atoms with Gasteiger partial charge in [-0.25, -0.2) is 9.89 Å². The highest BCUT2D eigenvalue weighted by molar-refractivity contribution is 8.14. The number of carbonyl (C=O) groups excluding carboxylic acids is 2. The highest BCUT2D eigenvalue weighted by Crippen LogP contribution is 2.34. The average molecular weight is 427 g/mol. The Kier molecular flexibility index (Phi) is 5.69. The Morgan fingerprint density at radius 3 is 2.72 bits per heavy atom. The normalized spacial score (nSPS) is 17.4. The quantitative estimate of drug-likeness (QED) is 0.766. The van der Waals surface area contributed by atoms with Crippen molar-refractivity contribution in [2.45, 2.75) is 25.8 Å². The van der Waals surface area contributed by atoms with E-state index in [2.05, 4.69) is 15.3 Å². The van der Waals surface area contributed by atoms with Gasteiger partial charge in [-0.1, -0.05) is 48.8 Å². The zero-order valence-corrected chi connectivity index (χ0v) is 17.3. The monoisotopic (exact) mass is 426 g/mol.